The predicted molar refractivity (Wildman–Crippen MR) is 158 cm³/mol. The van der Waals surface area contributed by atoms with Crippen molar-refractivity contribution in [1.82, 2.24) is 16.0 Å². The third kappa shape index (κ3) is 7.06. The van der Waals surface area contributed by atoms with Crippen LogP contribution in [0.25, 0.3) is 0 Å². The molecule has 7 heteroatoms. The van der Waals surface area contributed by atoms with Crippen molar-refractivity contribution in [1.29, 1.82) is 5.26 Å². The molecule has 0 radical (unpaired) electrons. The molecule has 0 amide bonds. The van der Waals surface area contributed by atoms with E-state index in [4.69, 9.17) is 11.6 Å². The molecule has 0 saturated heterocycles. The number of benzene rings is 1. The lowest BCUT2D eigenvalue weighted by Gasteiger charge is -2.60. The Morgan fingerprint density at radius 1 is 1.18 bits per heavy atom. The normalized spacial score (nSPS) is 35.1. The Balaban J connectivity index is 1.13. The van der Waals surface area contributed by atoms with Crippen molar-refractivity contribution in [2.24, 2.45) is 34.1 Å². The van der Waals surface area contributed by atoms with E-state index in [1.54, 1.807) is 6.21 Å². The third-order valence-corrected chi connectivity index (χ3v) is 10.5. The summed E-state index contributed by atoms with van der Waals surface area (Å²) >= 11 is 6.26. The number of rotatable bonds is 11. The van der Waals surface area contributed by atoms with Crippen LogP contribution in [0.1, 0.15) is 77.2 Å². The van der Waals surface area contributed by atoms with E-state index < -0.39 is 0 Å². The maximum Gasteiger partial charge on any atom is 0.103 e. The first-order valence-corrected chi connectivity index (χ1v) is 15.5. The molecule has 39 heavy (non-hydrogen) atoms. The molecule has 0 heterocycles. The second-order valence-corrected chi connectivity index (χ2v) is 13.4. The minimum Gasteiger partial charge on any atom is -0.393 e. The average Bonchev–Trinajstić information content (AvgIpc) is 2.92. The zero-order valence-electron chi connectivity index (χ0n) is 23.6. The average molecular weight is 552 g/mol. The van der Waals surface area contributed by atoms with E-state index in [9.17, 15) is 10.4 Å². The number of halogens is 1. The van der Waals surface area contributed by atoms with Gasteiger partial charge in [0.05, 0.1) is 17.8 Å². The van der Waals surface area contributed by atoms with E-state index in [0.29, 0.717) is 23.6 Å². The van der Waals surface area contributed by atoms with Gasteiger partial charge in [-0.2, -0.15) is 5.26 Å². The molecular weight excluding hydrogens is 506 g/mol. The van der Waals surface area contributed by atoms with E-state index in [1.807, 2.05) is 38.1 Å². The molecule has 212 valence electrons. The van der Waals surface area contributed by atoms with Crippen LogP contribution in [0, 0.1) is 40.4 Å². The lowest BCUT2D eigenvalue weighted by Crippen LogP contribution is -2.60. The van der Waals surface area contributed by atoms with Crippen LogP contribution in [0.15, 0.2) is 40.5 Å². The van der Waals surface area contributed by atoms with E-state index >= 15 is 0 Å². The first-order chi connectivity index (χ1) is 18.8. The van der Waals surface area contributed by atoms with Gasteiger partial charge in [0.15, 0.2) is 0 Å². The second kappa shape index (κ2) is 12.7. The van der Waals surface area contributed by atoms with Gasteiger partial charge < -0.3 is 15.7 Å². The fourth-order valence-corrected chi connectivity index (χ4v) is 8.36. The maximum absolute atomic E-state index is 9.84. The molecule has 4 unspecified atom stereocenters. The Hall–Kier alpha value is -1.91. The molecule has 6 nitrogen and oxygen atoms in total. The van der Waals surface area contributed by atoms with Crippen LogP contribution in [0.5, 0.6) is 0 Å². The van der Waals surface area contributed by atoms with Crippen LogP contribution < -0.4 is 16.0 Å². The van der Waals surface area contributed by atoms with Gasteiger partial charge in [-0.15, -0.1) is 0 Å². The zero-order chi connectivity index (χ0) is 27.4. The largest absolute Gasteiger partial charge is 0.393 e. The standard InChI is InChI=1S/C32H46ClN5O/c1-21(28(16-34)19-36-22(2)35-18-25-5-3-4-6-30(25)33)38-20-32-13-24-11-26(14-32)31(27(12-24)15-32)37-17-23-7-9-29(39)10-8-23/h3-6,19,22-24,26-27,29,31,35,37-39H,7-15,17-18,20H2,1-2H3/b28-21+,36-19-/t22?,23?,24?,26-,27+,29?,31?,32?. The number of aliphatic hydroxyl groups is 1. The molecule has 5 aliphatic carbocycles. The summed E-state index contributed by atoms with van der Waals surface area (Å²) < 4.78 is 0. The zero-order valence-corrected chi connectivity index (χ0v) is 24.4. The van der Waals surface area contributed by atoms with Crippen LogP contribution in [-0.2, 0) is 6.54 Å². The maximum atomic E-state index is 9.84. The highest BCUT2D eigenvalue weighted by Gasteiger charge is 2.55. The van der Waals surface area contributed by atoms with Crippen molar-refractivity contribution in [3.8, 4) is 6.07 Å². The second-order valence-electron chi connectivity index (χ2n) is 13.0. The van der Waals surface area contributed by atoms with Gasteiger partial charge in [-0.05, 0) is 119 Å². The summed E-state index contributed by atoms with van der Waals surface area (Å²) in [5.41, 5.74) is 2.91. The van der Waals surface area contributed by atoms with Crippen molar-refractivity contribution >= 4 is 17.8 Å². The van der Waals surface area contributed by atoms with Crippen LogP contribution in [0.2, 0.25) is 5.02 Å². The van der Waals surface area contributed by atoms with E-state index in [2.05, 4.69) is 27.0 Å². The van der Waals surface area contributed by atoms with Crippen molar-refractivity contribution in [2.75, 3.05) is 13.1 Å². The lowest BCUT2D eigenvalue weighted by atomic mass is 9.48. The van der Waals surface area contributed by atoms with Crippen molar-refractivity contribution in [2.45, 2.75) is 96.5 Å². The van der Waals surface area contributed by atoms with Gasteiger partial charge in [-0.1, -0.05) is 29.8 Å². The summed E-state index contributed by atoms with van der Waals surface area (Å²) in [6.45, 7) is 6.71. The Morgan fingerprint density at radius 2 is 1.90 bits per heavy atom. The number of aliphatic imine (C=N–C) groups is 1. The van der Waals surface area contributed by atoms with Gasteiger partial charge in [-0.3, -0.25) is 10.3 Å². The quantitative estimate of drug-likeness (QED) is 0.213. The number of hydrogen-bond acceptors (Lipinski definition) is 6. The van der Waals surface area contributed by atoms with E-state index in [0.717, 1.165) is 65.9 Å². The molecule has 0 spiro atoms. The van der Waals surface area contributed by atoms with Gasteiger partial charge in [0.25, 0.3) is 0 Å². The molecule has 5 saturated carbocycles. The Bertz CT molecular complexity index is 1070. The van der Waals surface area contributed by atoms with Gasteiger partial charge >= 0.3 is 0 Å². The van der Waals surface area contributed by atoms with E-state index in [-0.39, 0.29) is 12.3 Å². The molecule has 0 aliphatic heterocycles. The molecule has 1 aromatic rings. The van der Waals surface area contributed by atoms with Gasteiger partial charge in [0, 0.05) is 36.1 Å². The van der Waals surface area contributed by atoms with Crippen molar-refractivity contribution in [3.05, 3.63) is 46.1 Å². The summed E-state index contributed by atoms with van der Waals surface area (Å²) in [5.74, 6) is 3.14. The van der Waals surface area contributed by atoms with Crippen LogP contribution in [0.4, 0.5) is 0 Å². The third-order valence-electron chi connectivity index (χ3n) is 10.1. The number of hydrogen-bond donors (Lipinski definition) is 4. The summed E-state index contributed by atoms with van der Waals surface area (Å²) in [6, 6.07) is 10.8. The SMILES string of the molecule is C/C(NCC12CC3C[C@H](C1)C(NCC1CCC(O)CC1)[C@@H](C3)C2)=C(C#N)\C=N/C(C)NCc1ccccc1Cl. The number of nitrogens with zero attached hydrogens (tertiary/aromatic N) is 2. The van der Waals surface area contributed by atoms with Crippen molar-refractivity contribution in [3.63, 3.8) is 0 Å². The Kier molecular flexibility index (Phi) is 9.34. The highest BCUT2D eigenvalue weighted by molar-refractivity contribution is 6.31. The minimum absolute atomic E-state index is 0.0700. The number of nitriles is 1. The molecule has 1 aromatic carbocycles. The number of nitrogens with one attached hydrogen (secondary N) is 3. The molecular formula is C32H46ClN5O. The number of aliphatic hydroxyl groups excluding tert-OH is 1. The Labute approximate surface area is 239 Å². The first-order valence-electron chi connectivity index (χ1n) is 15.1. The molecule has 5 fully saturated rings. The van der Waals surface area contributed by atoms with Crippen LogP contribution in [0.3, 0.4) is 0 Å². The highest BCUT2D eigenvalue weighted by atomic mass is 35.5. The van der Waals surface area contributed by atoms with Gasteiger partial charge in [0.2, 0.25) is 0 Å². The van der Waals surface area contributed by atoms with Gasteiger partial charge in [-0.25, -0.2) is 0 Å². The summed E-state index contributed by atoms with van der Waals surface area (Å²) in [5, 5.41) is 31.5. The first kappa shape index (κ1) is 28.6. The molecule has 6 atom stereocenters. The molecule has 0 aromatic heterocycles. The monoisotopic (exact) mass is 551 g/mol. The molecule has 5 aliphatic rings. The fraction of sp³-hybridized carbons (Fsp3) is 0.688. The van der Waals surface area contributed by atoms with Crippen molar-refractivity contribution < 1.29 is 5.11 Å². The summed E-state index contributed by atoms with van der Waals surface area (Å²) in [4.78, 5) is 4.59. The molecule has 4 bridgehead atoms. The molecule has 6 rings (SSSR count). The predicted octanol–water partition coefficient (Wildman–Crippen LogP) is 5.57. The number of allylic oxidation sites excluding steroid dienone is 2. The fourth-order valence-electron chi connectivity index (χ4n) is 8.16. The van der Waals surface area contributed by atoms with Crippen LogP contribution >= 0.6 is 11.6 Å². The summed E-state index contributed by atoms with van der Waals surface area (Å²) in [6.07, 6.45) is 12.5. The summed E-state index contributed by atoms with van der Waals surface area (Å²) in [7, 11) is 0. The smallest absolute Gasteiger partial charge is 0.103 e. The Morgan fingerprint density at radius 3 is 2.59 bits per heavy atom. The highest BCUT2D eigenvalue weighted by Crippen LogP contribution is 2.59. The topological polar surface area (TPSA) is 92.5 Å². The van der Waals surface area contributed by atoms with Crippen LogP contribution in [-0.4, -0.2) is 42.7 Å². The molecule has 4 N–H and O–H groups in total. The van der Waals surface area contributed by atoms with E-state index in [1.165, 1.54) is 44.9 Å². The lowest BCUT2D eigenvalue weighted by molar-refractivity contribution is -0.0752. The van der Waals surface area contributed by atoms with Gasteiger partial charge in [0.1, 0.15) is 6.07 Å². The minimum atomic E-state index is -0.122.